The Kier molecular flexibility index (Phi) is 12.2. The maximum absolute atomic E-state index is 9.48. The van der Waals surface area contributed by atoms with E-state index in [0.29, 0.717) is 72.9 Å². The summed E-state index contributed by atoms with van der Waals surface area (Å²) in [7, 11) is 3.29. The molecule has 2 aromatic heterocycles. The van der Waals surface area contributed by atoms with Crippen LogP contribution in [0.2, 0.25) is 5.15 Å². The third kappa shape index (κ3) is 9.06. The molecule has 0 unspecified atom stereocenters. The molecule has 14 heteroatoms. The first kappa shape index (κ1) is 37.4. The lowest BCUT2D eigenvalue weighted by molar-refractivity contribution is 0.122. The van der Waals surface area contributed by atoms with Crippen LogP contribution in [0.5, 0.6) is 23.0 Å². The van der Waals surface area contributed by atoms with Gasteiger partial charge in [0.1, 0.15) is 60.1 Å². The minimum Gasteiger partial charge on any atom is -0.497 e. The topological polar surface area (TPSA) is 137 Å². The maximum Gasteiger partial charge on any atom is 0.155 e. The number of nitriles is 1. The Morgan fingerprint density at radius 2 is 1.09 bits per heavy atom. The molecule has 55 heavy (non-hydrogen) atoms. The van der Waals surface area contributed by atoms with Crippen molar-refractivity contribution in [3.05, 3.63) is 107 Å². The van der Waals surface area contributed by atoms with Crippen LogP contribution in [0.1, 0.15) is 16.8 Å². The molecule has 8 rings (SSSR count). The standard InChI is InChI=1S/C21H20N4O3.C20H20ClN3O3/c1-26-17-4-2-15(3-5-17)13-28-20-11-16(25-6-8-27-9-7-25)10-18-21(20)19(12-22)24-14-23-18;1-25-16-4-2-14(3-5-16)12-27-18-11-15(24-6-8-26-9-7-24)10-17-19(18)20(21)23-13-22-17/h2-5,10-11,14H,6-9,13H2,1H3;2-5,10-11,13H,6-9,12H2,1H3. The predicted octanol–water partition coefficient (Wildman–Crippen LogP) is 6.63. The van der Waals surface area contributed by atoms with Gasteiger partial charge in [-0.2, -0.15) is 5.26 Å². The Hall–Kier alpha value is -5.94. The lowest BCUT2D eigenvalue weighted by Gasteiger charge is -2.29. The smallest absolute Gasteiger partial charge is 0.155 e. The summed E-state index contributed by atoms with van der Waals surface area (Å²) in [4.78, 5) is 21.5. The molecule has 0 amide bonds. The van der Waals surface area contributed by atoms with E-state index < -0.39 is 0 Å². The molecule has 2 saturated heterocycles. The Labute approximate surface area is 323 Å². The first-order valence-corrected chi connectivity index (χ1v) is 18.2. The average molecular weight is 762 g/mol. The quantitative estimate of drug-likeness (QED) is 0.138. The number of anilines is 2. The molecule has 4 aromatic carbocycles. The highest BCUT2D eigenvalue weighted by Gasteiger charge is 2.19. The summed E-state index contributed by atoms with van der Waals surface area (Å²) in [6, 6.07) is 25.6. The van der Waals surface area contributed by atoms with Gasteiger partial charge < -0.3 is 38.2 Å². The van der Waals surface area contributed by atoms with Crippen LogP contribution < -0.4 is 28.7 Å². The van der Waals surface area contributed by atoms with Crippen LogP contribution in [0.3, 0.4) is 0 Å². The highest BCUT2D eigenvalue weighted by molar-refractivity contribution is 6.34. The molecule has 13 nitrogen and oxygen atoms in total. The third-order valence-corrected chi connectivity index (χ3v) is 9.58. The van der Waals surface area contributed by atoms with E-state index in [2.05, 4.69) is 35.8 Å². The van der Waals surface area contributed by atoms with E-state index in [-0.39, 0.29) is 0 Å². The number of hydrogen-bond acceptors (Lipinski definition) is 13. The molecule has 0 atom stereocenters. The number of hydrogen-bond donors (Lipinski definition) is 0. The van der Waals surface area contributed by atoms with Crippen LogP contribution in [0.4, 0.5) is 11.4 Å². The fourth-order valence-electron chi connectivity index (χ4n) is 6.33. The second kappa shape index (κ2) is 17.9. The van der Waals surface area contributed by atoms with Crippen LogP contribution in [0, 0.1) is 11.3 Å². The van der Waals surface area contributed by atoms with Crippen molar-refractivity contribution in [3.63, 3.8) is 0 Å². The van der Waals surface area contributed by atoms with Gasteiger partial charge >= 0.3 is 0 Å². The molecule has 2 aliphatic heterocycles. The summed E-state index contributed by atoms with van der Waals surface area (Å²) >= 11 is 6.34. The van der Waals surface area contributed by atoms with Gasteiger partial charge in [-0.1, -0.05) is 35.9 Å². The Morgan fingerprint density at radius 1 is 0.636 bits per heavy atom. The van der Waals surface area contributed by atoms with Gasteiger partial charge in [-0.05, 0) is 47.5 Å². The monoisotopic (exact) mass is 761 g/mol. The van der Waals surface area contributed by atoms with Crippen molar-refractivity contribution in [2.45, 2.75) is 13.2 Å². The van der Waals surface area contributed by atoms with Crippen molar-refractivity contribution in [2.24, 2.45) is 0 Å². The number of nitrogens with zero attached hydrogens (tertiary/aromatic N) is 7. The zero-order valence-corrected chi connectivity index (χ0v) is 31.4. The number of fused-ring (bicyclic) bond motifs is 2. The summed E-state index contributed by atoms with van der Waals surface area (Å²) in [6.07, 6.45) is 2.89. The molecule has 0 N–H and O–H groups in total. The van der Waals surface area contributed by atoms with E-state index >= 15 is 0 Å². The Morgan fingerprint density at radius 3 is 1.56 bits per heavy atom. The maximum atomic E-state index is 9.48. The van der Waals surface area contributed by atoms with Crippen LogP contribution in [0.15, 0.2) is 85.5 Å². The highest BCUT2D eigenvalue weighted by Crippen LogP contribution is 2.36. The molecule has 6 aromatic rings. The molecular formula is C41H40ClN7O6. The van der Waals surface area contributed by atoms with E-state index in [9.17, 15) is 5.26 Å². The van der Waals surface area contributed by atoms with Gasteiger partial charge in [0.25, 0.3) is 0 Å². The average Bonchev–Trinajstić information content (AvgIpc) is 3.25. The van der Waals surface area contributed by atoms with E-state index in [0.717, 1.165) is 71.1 Å². The van der Waals surface area contributed by atoms with Gasteiger partial charge in [0.05, 0.1) is 62.5 Å². The fraction of sp³-hybridized carbons (Fsp3) is 0.293. The first-order valence-electron chi connectivity index (χ1n) is 17.8. The number of aromatic nitrogens is 4. The van der Waals surface area contributed by atoms with Gasteiger partial charge in [-0.15, -0.1) is 0 Å². The molecule has 0 spiro atoms. The molecule has 0 radical (unpaired) electrons. The zero-order valence-electron chi connectivity index (χ0n) is 30.6. The predicted molar refractivity (Wildman–Crippen MR) is 210 cm³/mol. The molecule has 0 aliphatic carbocycles. The molecule has 4 heterocycles. The number of rotatable bonds is 10. The number of halogens is 1. The number of morpholine rings is 2. The molecule has 0 saturated carbocycles. The summed E-state index contributed by atoms with van der Waals surface area (Å²) in [5, 5.41) is 11.2. The van der Waals surface area contributed by atoms with Crippen molar-refractivity contribution >= 4 is 44.8 Å². The summed E-state index contributed by atoms with van der Waals surface area (Å²) in [5.41, 5.74) is 5.86. The molecule has 0 bridgehead atoms. The first-order chi connectivity index (χ1) is 27.0. The normalized spacial score (nSPS) is 14.1. The van der Waals surface area contributed by atoms with Crippen LogP contribution >= 0.6 is 11.6 Å². The molecule has 2 fully saturated rings. The van der Waals surface area contributed by atoms with E-state index in [4.69, 9.17) is 40.0 Å². The number of methoxy groups -OCH3 is 2. The summed E-state index contributed by atoms with van der Waals surface area (Å²) < 4.78 is 33.5. The second-order valence-electron chi connectivity index (χ2n) is 12.6. The molecule has 2 aliphatic rings. The van der Waals surface area contributed by atoms with Crippen molar-refractivity contribution in [2.75, 3.05) is 76.6 Å². The minimum atomic E-state index is 0.309. The lowest BCUT2D eigenvalue weighted by Crippen LogP contribution is -2.36. The van der Waals surface area contributed by atoms with E-state index in [1.165, 1.54) is 12.7 Å². The SMILES string of the molecule is COc1ccc(COc2cc(N3CCOCC3)cc3ncnc(C#N)c23)cc1.COc1ccc(COc2cc(N3CCOCC3)cc3ncnc(Cl)c23)cc1. The van der Waals surface area contributed by atoms with Gasteiger partial charge in [-0.25, -0.2) is 19.9 Å². The number of benzene rings is 4. The summed E-state index contributed by atoms with van der Waals surface area (Å²) in [5.74, 6) is 2.89. The van der Waals surface area contributed by atoms with Crippen LogP contribution in [-0.2, 0) is 22.7 Å². The minimum absolute atomic E-state index is 0.309. The Balaban J connectivity index is 0.000000169. The zero-order chi connectivity index (χ0) is 38.0. The van der Waals surface area contributed by atoms with Crippen molar-refractivity contribution < 1.29 is 28.4 Å². The molecule has 282 valence electrons. The van der Waals surface area contributed by atoms with Gasteiger partial charge in [0.15, 0.2) is 5.69 Å². The van der Waals surface area contributed by atoms with Gasteiger partial charge in [0, 0.05) is 49.7 Å². The second-order valence-corrected chi connectivity index (χ2v) is 13.0. The fourth-order valence-corrected chi connectivity index (χ4v) is 6.56. The highest BCUT2D eigenvalue weighted by atomic mass is 35.5. The van der Waals surface area contributed by atoms with E-state index in [1.807, 2.05) is 72.8 Å². The van der Waals surface area contributed by atoms with Gasteiger partial charge in [-0.3, -0.25) is 0 Å². The van der Waals surface area contributed by atoms with Crippen molar-refractivity contribution in [1.29, 1.82) is 5.26 Å². The van der Waals surface area contributed by atoms with Crippen molar-refractivity contribution in [3.8, 4) is 29.1 Å². The largest absolute Gasteiger partial charge is 0.497 e. The summed E-state index contributed by atoms with van der Waals surface area (Å²) in [6.45, 7) is 6.86. The molecular weight excluding hydrogens is 722 g/mol. The van der Waals surface area contributed by atoms with Crippen molar-refractivity contribution in [1.82, 2.24) is 19.9 Å². The lowest BCUT2D eigenvalue weighted by atomic mass is 10.1. The van der Waals surface area contributed by atoms with Crippen LogP contribution in [-0.4, -0.2) is 86.8 Å². The van der Waals surface area contributed by atoms with Crippen LogP contribution in [0.25, 0.3) is 21.8 Å². The third-order valence-electron chi connectivity index (χ3n) is 9.29. The Bertz CT molecular complexity index is 2260. The van der Waals surface area contributed by atoms with E-state index in [1.54, 1.807) is 14.2 Å². The van der Waals surface area contributed by atoms with Gasteiger partial charge in [0.2, 0.25) is 0 Å². The number of ether oxygens (including phenoxy) is 6.